The van der Waals surface area contributed by atoms with Gasteiger partial charge in [-0.1, -0.05) is 13.8 Å². The number of rotatable bonds is 4. The van der Waals surface area contributed by atoms with Crippen LogP contribution in [0.1, 0.15) is 62.3 Å². The van der Waals surface area contributed by atoms with Crippen LogP contribution < -0.4 is 0 Å². The monoisotopic (exact) mass is 279 g/mol. The minimum absolute atomic E-state index is 0.0183. The zero-order valence-corrected chi connectivity index (χ0v) is 12.9. The van der Waals surface area contributed by atoms with E-state index in [0.717, 1.165) is 18.5 Å². The first-order chi connectivity index (χ1) is 9.38. The smallest absolute Gasteiger partial charge is 0.272 e. The van der Waals surface area contributed by atoms with E-state index in [4.69, 9.17) is 0 Å². The first-order valence-corrected chi connectivity index (χ1v) is 7.45. The summed E-state index contributed by atoms with van der Waals surface area (Å²) in [5.41, 5.74) is 0.755. The first-order valence-electron chi connectivity index (χ1n) is 7.45. The molecule has 0 aromatic carbocycles. The van der Waals surface area contributed by atoms with Crippen molar-refractivity contribution in [3.8, 4) is 0 Å². The minimum Gasteiger partial charge on any atom is -0.388 e. The number of carbonyl (C=O) groups is 1. The summed E-state index contributed by atoms with van der Waals surface area (Å²) in [5, 5.41) is 14.5. The van der Waals surface area contributed by atoms with Gasteiger partial charge in [0.15, 0.2) is 0 Å². The van der Waals surface area contributed by atoms with Gasteiger partial charge in [0, 0.05) is 13.1 Å². The Balaban J connectivity index is 2.26. The molecule has 1 aliphatic rings. The lowest BCUT2D eigenvalue weighted by Crippen LogP contribution is -2.35. The van der Waals surface area contributed by atoms with Gasteiger partial charge in [-0.05, 0) is 39.2 Å². The largest absolute Gasteiger partial charge is 0.388 e. The number of aromatic nitrogens is 2. The number of aliphatic hydroxyl groups is 1. The van der Waals surface area contributed by atoms with Crippen molar-refractivity contribution in [3.63, 3.8) is 0 Å². The topological polar surface area (TPSA) is 58.4 Å². The highest BCUT2D eigenvalue weighted by molar-refractivity contribution is 5.93. The molecule has 1 aliphatic heterocycles. The predicted molar refractivity (Wildman–Crippen MR) is 77.7 cm³/mol. The summed E-state index contributed by atoms with van der Waals surface area (Å²) in [6.45, 7) is 8.93. The molecule has 1 amide bonds. The number of β-amino-alcohol motifs (C(OH)–C–C–N with tert-alkyl or cyclic N) is 1. The second-order valence-corrected chi connectivity index (χ2v) is 6.06. The predicted octanol–water partition coefficient (Wildman–Crippen LogP) is 2.15. The third-order valence-electron chi connectivity index (χ3n) is 4.10. The highest BCUT2D eigenvalue weighted by atomic mass is 16.3. The van der Waals surface area contributed by atoms with Crippen molar-refractivity contribution in [2.45, 2.75) is 58.6 Å². The standard InChI is InChI=1S/C15H25N3O2/c1-5-12(6-2)18-13(9-11(3)16-18)14(19)17-8-7-15(4,20)10-17/h9,12,20H,5-8,10H2,1-4H3. The molecule has 1 atom stereocenters. The zero-order valence-electron chi connectivity index (χ0n) is 12.9. The molecule has 0 aliphatic carbocycles. The van der Waals surface area contributed by atoms with E-state index in [0.29, 0.717) is 25.2 Å². The van der Waals surface area contributed by atoms with Crippen LogP contribution in [0.4, 0.5) is 0 Å². The van der Waals surface area contributed by atoms with Crippen LogP contribution in [0, 0.1) is 6.92 Å². The average Bonchev–Trinajstić information content (AvgIpc) is 2.93. The van der Waals surface area contributed by atoms with Gasteiger partial charge in [0.2, 0.25) is 0 Å². The van der Waals surface area contributed by atoms with Gasteiger partial charge < -0.3 is 10.0 Å². The Morgan fingerprint density at radius 3 is 2.65 bits per heavy atom. The van der Waals surface area contributed by atoms with Gasteiger partial charge in [0.05, 0.1) is 17.3 Å². The van der Waals surface area contributed by atoms with E-state index in [1.54, 1.807) is 11.8 Å². The lowest BCUT2D eigenvalue weighted by Gasteiger charge is -2.21. The van der Waals surface area contributed by atoms with Crippen molar-refractivity contribution in [3.05, 3.63) is 17.5 Å². The molecular formula is C15H25N3O2. The molecule has 112 valence electrons. The molecule has 1 aromatic rings. The van der Waals surface area contributed by atoms with Crippen LogP contribution in [0.25, 0.3) is 0 Å². The number of likely N-dealkylation sites (tertiary alicyclic amines) is 1. The minimum atomic E-state index is -0.759. The molecule has 2 rings (SSSR count). The summed E-state index contributed by atoms with van der Waals surface area (Å²) in [5.74, 6) is -0.0183. The molecule has 20 heavy (non-hydrogen) atoms. The maximum absolute atomic E-state index is 12.7. The van der Waals surface area contributed by atoms with Gasteiger partial charge in [-0.3, -0.25) is 9.48 Å². The Bertz CT molecular complexity index is 489. The van der Waals surface area contributed by atoms with Crippen LogP contribution in [0.15, 0.2) is 6.07 Å². The number of hydrogen-bond donors (Lipinski definition) is 1. The normalized spacial score (nSPS) is 22.8. The third kappa shape index (κ3) is 2.87. The molecule has 1 fully saturated rings. The fraction of sp³-hybridized carbons (Fsp3) is 0.733. The summed E-state index contributed by atoms with van der Waals surface area (Å²) < 4.78 is 1.87. The molecule has 1 unspecified atom stereocenters. The fourth-order valence-corrected chi connectivity index (χ4v) is 2.87. The Hall–Kier alpha value is -1.36. The van der Waals surface area contributed by atoms with Gasteiger partial charge >= 0.3 is 0 Å². The van der Waals surface area contributed by atoms with Gasteiger partial charge in [-0.2, -0.15) is 5.10 Å². The Kier molecular flexibility index (Phi) is 4.18. The van der Waals surface area contributed by atoms with Crippen molar-refractivity contribution >= 4 is 5.91 Å². The highest BCUT2D eigenvalue weighted by Crippen LogP contribution is 2.24. The first kappa shape index (κ1) is 15.0. The number of nitrogens with zero attached hydrogens (tertiary/aromatic N) is 3. The van der Waals surface area contributed by atoms with Crippen LogP contribution in [0.5, 0.6) is 0 Å². The van der Waals surface area contributed by atoms with Gasteiger partial charge in [0.25, 0.3) is 5.91 Å². The molecule has 1 aromatic heterocycles. The van der Waals surface area contributed by atoms with E-state index < -0.39 is 5.60 Å². The van der Waals surface area contributed by atoms with Crippen LogP contribution in [-0.4, -0.2) is 44.4 Å². The van der Waals surface area contributed by atoms with E-state index >= 15 is 0 Å². The number of carbonyl (C=O) groups excluding carboxylic acids is 1. The SMILES string of the molecule is CCC(CC)n1nc(C)cc1C(=O)N1CCC(C)(O)C1. The molecule has 0 saturated carbocycles. The molecule has 1 saturated heterocycles. The lowest BCUT2D eigenvalue weighted by molar-refractivity contribution is 0.0563. The van der Waals surface area contributed by atoms with E-state index in [-0.39, 0.29) is 11.9 Å². The van der Waals surface area contributed by atoms with Crippen molar-refractivity contribution in [2.75, 3.05) is 13.1 Å². The zero-order chi connectivity index (χ0) is 14.9. The van der Waals surface area contributed by atoms with E-state index in [9.17, 15) is 9.90 Å². The van der Waals surface area contributed by atoms with E-state index in [1.165, 1.54) is 0 Å². The maximum Gasteiger partial charge on any atom is 0.272 e. The van der Waals surface area contributed by atoms with Gasteiger partial charge in [-0.25, -0.2) is 0 Å². The quantitative estimate of drug-likeness (QED) is 0.918. The Morgan fingerprint density at radius 2 is 2.15 bits per heavy atom. The average molecular weight is 279 g/mol. The van der Waals surface area contributed by atoms with Crippen LogP contribution in [0.3, 0.4) is 0 Å². The fourth-order valence-electron chi connectivity index (χ4n) is 2.87. The number of hydrogen-bond acceptors (Lipinski definition) is 3. The summed E-state index contributed by atoms with van der Waals surface area (Å²) in [4.78, 5) is 14.4. The molecule has 5 heteroatoms. The molecule has 5 nitrogen and oxygen atoms in total. The summed E-state index contributed by atoms with van der Waals surface area (Å²) in [6.07, 6.45) is 2.54. The van der Waals surface area contributed by atoms with Crippen molar-refractivity contribution in [1.82, 2.24) is 14.7 Å². The van der Waals surface area contributed by atoms with Crippen molar-refractivity contribution < 1.29 is 9.90 Å². The van der Waals surface area contributed by atoms with Crippen LogP contribution >= 0.6 is 0 Å². The summed E-state index contributed by atoms with van der Waals surface area (Å²) in [6, 6.07) is 2.11. The third-order valence-corrected chi connectivity index (χ3v) is 4.10. The summed E-state index contributed by atoms with van der Waals surface area (Å²) >= 11 is 0. The van der Waals surface area contributed by atoms with Gasteiger partial charge in [0.1, 0.15) is 5.69 Å². The second-order valence-electron chi connectivity index (χ2n) is 6.06. The van der Waals surface area contributed by atoms with E-state index in [1.807, 2.05) is 17.7 Å². The summed E-state index contributed by atoms with van der Waals surface area (Å²) in [7, 11) is 0. The molecule has 0 radical (unpaired) electrons. The highest BCUT2D eigenvalue weighted by Gasteiger charge is 2.35. The van der Waals surface area contributed by atoms with Crippen molar-refractivity contribution in [1.29, 1.82) is 0 Å². The maximum atomic E-state index is 12.7. The lowest BCUT2D eigenvalue weighted by atomic mass is 10.1. The molecule has 1 N–H and O–H groups in total. The molecule has 0 spiro atoms. The number of aryl methyl sites for hydroxylation is 1. The molecule has 2 heterocycles. The Morgan fingerprint density at radius 1 is 1.50 bits per heavy atom. The second kappa shape index (κ2) is 5.56. The van der Waals surface area contributed by atoms with Gasteiger partial charge in [-0.15, -0.1) is 0 Å². The molecular weight excluding hydrogens is 254 g/mol. The van der Waals surface area contributed by atoms with Crippen LogP contribution in [0.2, 0.25) is 0 Å². The van der Waals surface area contributed by atoms with E-state index in [2.05, 4.69) is 18.9 Å². The molecule has 0 bridgehead atoms. The van der Waals surface area contributed by atoms with Crippen molar-refractivity contribution in [2.24, 2.45) is 0 Å². The van der Waals surface area contributed by atoms with Crippen LogP contribution in [-0.2, 0) is 0 Å². The Labute approximate surface area is 120 Å². The number of amides is 1.